The minimum absolute atomic E-state index is 0.0794. The highest BCUT2D eigenvalue weighted by Crippen LogP contribution is 2.31. The van der Waals surface area contributed by atoms with Gasteiger partial charge < -0.3 is 5.32 Å². The zero-order valence-corrected chi connectivity index (χ0v) is 13.9. The number of amides is 1. The van der Waals surface area contributed by atoms with Crippen molar-refractivity contribution in [2.75, 3.05) is 0 Å². The average Bonchev–Trinajstić information content (AvgIpc) is 3.13. The zero-order chi connectivity index (χ0) is 16.4. The van der Waals surface area contributed by atoms with Crippen LogP contribution in [0.3, 0.4) is 0 Å². The molecule has 0 radical (unpaired) electrons. The molecule has 3 nitrogen and oxygen atoms in total. The van der Waals surface area contributed by atoms with Crippen molar-refractivity contribution in [3.8, 4) is 0 Å². The third-order valence-electron chi connectivity index (χ3n) is 5.35. The van der Waals surface area contributed by atoms with Crippen LogP contribution in [0.5, 0.6) is 0 Å². The van der Waals surface area contributed by atoms with Crippen LogP contribution in [0.2, 0.25) is 0 Å². The first-order valence-electron chi connectivity index (χ1n) is 9.00. The summed E-state index contributed by atoms with van der Waals surface area (Å²) >= 11 is 0. The lowest BCUT2D eigenvalue weighted by atomic mass is 9.87. The summed E-state index contributed by atoms with van der Waals surface area (Å²) in [6.07, 6.45) is 5.23. The van der Waals surface area contributed by atoms with E-state index in [1.807, 2.05) is 6.07 Å². The monoisotopic (exact) mass is 320 g/mol. The van der Waals surface area contributed by atoms with Crippen LogP contribution in [-0.2, 0) is 11.2 Å². The normalized spacial score (nSPS) is 25.9. The Morgan fingerprint density at radius 3 is 2.62 bits per heavy atom. The first-order valence-corrected chi connectivity index (χ1v) is 9.00. The third-order valence-corrected chi connectivity index (χ3v) is 5.35. The van der Waals surface area contributed by atoms with Crippen molar-refractivity contribution in [3.63, 3.8) is 0 Å². The molecule has 3 atom stereocenters. The fourth-order valence-electron chi connectivity index (χ4n) is 4.07. The van der Waals surface area contributed by atoms with E-state index in [1.165, 1.54) is 16.7 Å². The van der Waals surface area contributed by atoms with Crippen molar-refractivity contribution >= 4 is 5.91 Å². The highest BCUT2D eigenvalue weighted by molar-refractivity contribution is 5.82. The zero-order valence-electron chi connectivity index (χ0n) is 13.9. The second-order valence-corrected chi connectivity index (χ2v) is 6.91. The molecule has 1 saturated heterocycles. The lowest BCUT2D eigenvalue weighted by Gasteiger charge is -2.27. The summed E-state index contributed by atoms with van der Waals surface area (Å²) in [5.74, 6) is 0.148. The molecule has 0 spiro atoms. The van der Waals surface area contributed by atoms with Crippen LogP contribution in [0.4, 0.5) is 0 Å². The summed E-state index contributed by atoms with van der Waals surface area (Å²) < 4.78 is 0. The Labute approximate surface area is 143 Å². The quantitative estimate of drug-likeness (QED) is 0.906. The van der Waals surface area contributed by atoms with Gasteiger partial charge in [-0.1, -0.05) is 54.6 Å². The van der Waals surface area contributed by atoms with Gasteiger partial charge in [-0.2, -0.15) is 0 Å². The predicted octanol–water partition coefficient (Wildman–Crippen LogP) is 3.67. The van der Waals surface area contributed by atoms with Gasteiger partial charge >= 0.3 is 0 Å². The van der Waals surface area contributed by atoms with Gasteiger partial charge in [0.15, 0.2) is 0 Å². The summed E-state index contributed by atoms with van der Waals surface area (Å²) in [6.45, 7) is 0. The molecule has 0 saturated carbocycles. The lowest BCUT2D eigenvalue weighted by Crippen LogP contribution is -2.43. The molecule has 2 aromatic carbocycles. The Morgan fingerprint density at radius 2 is 1.75 bits per heavy atom. The molecule has 124 valence electrons. The van der Waals surface area contributed by atoms with Crippen molar-refractivity contribution in [1.82, 2.24) is 10.6 Å². The van der Waals surface area contributed by atoms with Gasteiger partial charge in [-0.15, -0.1) is 0 Å². The van der Waals surface area contributed by atoms with Gasteiger partial charge in [0.05, 0.1) is 12.1 Å². The van der Waals surface area contributed by atoms with Gasteiger partial charge in [0, 0.05) is 6.04 Å². The number of aryl methyl sites for hydroxylation is 1. The first kappa shape index (κ1) is 15.4. The number of hydrogen-bond donors (Lipinski definition) is 2. The highest BCUT2D eigenvalue weighted by Gasteiger charge is 2.31. The smallest absolute Gasteiger partial charge is 0.237 e. The van der Waals surface area contributed by atoms with Gasteiger partial charge in [0.25, 0.3) is 0 Å². The van der Waals surface area contributed by atoms with E-state index in [2.05, 4.69) is 59.2 Å². The van der Waals surface area contributed by atoms with E-state index in [1.54, 1.807) is 0 Å². The molecule has 0 aromatic heterocycles. The highest BCUT2D eigenvalue weighted by atomic mass is 16.2. The molecule has 1 heterocycles. The van der Waals surface area contributed by atoms with Crippen LogP contribution < -0.4 is 10.6 Å². The standard InChI is InChI=1S/C21H24N2O/c24-21(20-14-13-18(22-20)16-8-2-1-3-9-16)23-19-12-6-10-15-7-4-5-11-17(15)19/h1-5,7-9,11,18-20,22H,6,10,12-14H2,(H,23,24). The summed E-state index contributed by atoms with van der Waals surface area (Å²) in [5, 5.41) is 6.80. The molecule has 1 aliphatic heterocycles. The fraction of sp³-hybridized carbons (Fsp3) is 0.381. The molecule has 2 aliphatic rings. The molecule has 0 bridgehead atoms. The van der Waals surface area contributed by atoms with E-state index >= 15 is 0 Å². The Hall–Kier alpha value is -2.13. The Kier molecular flexibility index (Phi) is 4.35. The molecule has 1 amide bonds. The molecular formula is C21H24N2O. The molecule has 1 aliphatic carbocycles. The van der Waals surface area contributed by atoms with E-state index in [0.717, 1.165) is 32.1 Å². The van der Waals surface area contributed by atoms with Crippen LogP contribution in [0.1, 0.15) is 54.5 Å². The summed E-state index contributed by atoms with van der Waals surface area (Å²) in [7, 11) is 0. The van der Waals surface area contributed by atoms with E-state index < -0.39 is 0 Å². The van der Waals surface area contributed by atoms with Crippen molar-refractivity contribution in [2.45, 2.75) is 50.2 Å². The maximum atomic E-state index is 12.7. The van der Waals surface area contributed by atoms with Gasteiger partial charge in [0.1, 0.15) is 0 Å². The number of carbonyl (C=O) groups excluding carboxylic acids is 1. The van der Waals surface area contributed by atoms with Gasteiger partial charge in [-0.3, -0.25) is 10.1 Å². The van der Waals surface area contributed by atoms with Gasteiger partial charge in [-0.25, -0.2) is 0 Å². The van der Waals surface area contributed by atoms with Crippen LogP contribution in [0, 0.1) is 0 Å². The second-order valence-electron chi connectivity index (χ2n) is 6.91. The maximum Gasteiger partial charge on any atom is 0.237 e. The molecule has 3 unspecified atom stereocenters. The van der Waals surface area contributed by atoms with Gasteiger partial charge in [-0.05, 0) is 48.8 Å². The minimum atomic E-state index is -0.0794. The third kappa shape index (κ3) is 3.09. The molecular weight excluding hydrogens is 296 g/mol. The predicted molar refractivity (Wildman–Crippen MR) is 95.6 cm³/mol. The van der Waals surface area contributed by atoms with Gasteiger partial charge in [0.2, 0.25) is 5.91 Å². The average molecular weight is 320 g/mol. The largest absolute Gasteiger partial charge is 0.348 e. The number of nitrogens with one attached hydrogen (secondary N) is 2. The summed E-state index contributed by atoms with van der Waals surface area (Å²) in [5.41, 5.74) is 3.96. The molecule has 1 fully saturated rings. The van der Waals surface area contributed by atoms with E-state index in [0.29, 0.717) is 6.04 Å². The molecule has 3 heteroatoms. The topological polar surface area (TPSA) is 41.1 Å². The number of hydrogen-bond acceptors (Lipinski definition) is 2. The lowest BCUT2D eigenvalue weighted by molar-refractivity contribution is -0.123. The Bertz CT molecular complexity index is 713. The number of fused-ring (bicyclic) bond motifs is 1. The molecule has 2 aromatic rings. The molecule has 2 N–H and O–H groups in total. The SMILES string of the molecule is O=C(NC1CCCc2ccccc21)C1CCC(c2ccccc2)N1. The Morgan fingerprint density at radius 1 is 0.958 bits per heavy atom. The van der Waals surface area contributed by atoms with E-state index in [9.17, 15) is 4.79 Å². The minimum Gasteiger partial charge on any atom is -0.348 e. The summed E-state index contributed by atoms with van der Waals surface area (Å²) in [6, 6.07) is 19.3. The van der Waals surface area contributed by atoms with E-state index in [4.69, 9.17) is 0 Å². The van der Waals surface area contributed by atoms with Crippen LogP contribution >= 0.6 is 0 Å². The second kappa shape index (κ2) is 6.78. The van der Waals surface area contributed by atoms with Crippen molar-refractivity contribution in [3.05, 3.63) is 71.3 Å². The van der Waals surface area contributed by atoms with Crippen molar-refractivity contribution in [2.24, 2.45) is 0 Å². The Balaban J connectivity index is 1.41. The van der Waals surface area contributed by atoms with Crippen molar-refractivity contribution < 1.29 is 4.79 Å². The number of rotatable bonds is 3. The van der Waals surface area contributed by atoms with Crippen LogP contribution in [0.15, 0.2) is 54.6 Å². The molecule has 24 heavy (non-hydrogen) atoms. The number of carbonyl (C=O) groups is 1. The molecule has 4 rings (SSSR count). The van der Waals surface area contributed by atoms with Crippen molar-refractivity contribution in [1.29, 1.82) is 0 Å². The number of benzene rings is 2. The summed E-state index contributed by atoms with van der Waals surface area (Å²) in [4.78, 5) is 12.7. The van der Waals surface area contributed by atoms with Crippen LogP contribution in [0.25, 0.3) is 0 Å². The van der Waals surface area contributed by atoms with E-state index in [-0.39, 0.29) is 18.0 Å². The maximum absolute atomic E-state index is 12.7. The fourth-order valence-corrected chi connectivity index (χ4v) is 4.07. The first-order chi connectivity index (χ1) is 11.8. The van der Waals surface area contributed by atoms with Crippen LogP contribution in [-0.4, -0.2) is 11.9 Å².